The minimum Gasteiger partial charge on any atom is -0.322 e. The molecule has 0 aliphatic carbocycles. The Hall–Kier alpha value is -2.48. The monoisotopic (exact) mass is 346 g/mol. The second-order valence-corrected chi connectivity index (χ2v) is 6.50. The molecule has 134 valence electrons. The zero-order valence-electron chi connectivity index (χ0n) is 14.5. The molecular formula is C17H23FN6O. The summed E-state index contributed by atoms with van der Waals surface area (Å²) in [6.45, 7) is 7.61. The molecule has 3 rings (SSSR count). The number of nitrogens with one attached hydrogen (secondary N) is 1. The summed E-state index contributed by atoms with van der Waals surface area (Å²) >= 11 is 0. The number of aromatic nitrogens is 3. The van der Waals surface area contributed by atoms with Gasteiger partial charge in [-0.15, -0.1) is 5.10 Å². The van der Waals surface area contributed by atoms with Crippen LogP contribution in [0.2, 0.25) is 0 Å². The first-order valence-corrected chi connectivity index (χ1v) is 8.46. The maximum absolute atomic E-state index is 13.0. The average Bonchev–Trinajstić information content (AvgIpc) is 3.06. The third kappa shape index (κ3) is 4.54. The molecule has 7 nitrogen and oxygen atoms in total. The van der Waals surface area contributed by atoms with Crippen molar-refractivity contribution in [3.63, 3.8) is 0 Å². The molecule has 0 atom stereocenters. The smallest absolute Gasteiger partial charge is 0.322 e. The number of carbonyl (C=O) groups is 1. The van der Waals surface area contributed by atoms with E-state index in [1.165, 1.54) is 12.1 Å². The molecule has 1 fully saturated rings. The molecule has 0 bridgehead atoms. The van der Waals surface area contributed by atoms with E-state index in [-0.39, 0.29) is 17.9 Å². The van der Waals surface area contributed by atoms with E-state index < -0.39 is 0 Å². The van der Waals surface area contributed by atoms with Crippen LogP contribution in [0.3, 0.4) is 0 Å². The summed E-state index contributed by atoms with van der Waals surface area (Å²) in [6, 6.07) is 6.59. The van der Waals surface area contributed by atoms with Crippen LogP contribution in [0.4, 0.5) is 15.0 Å². The summed E-state index contributed by atoms with van der Waals surface area (Å²) in [4.78, 5) is 16.4. The SMILES string of the molecule is CC(C)n1cc(NC(=O)N2CCN(Cc3ccc(F)cc3)CC2)nn1. The molecule has 0 spiro atoms. The Morgan fingerprint density at radius 2 is 1.88 bits per heavy atom. The van der Waals surface area contributed by atoms with Gasteiger partial charge in [0.1, 0.15) is 5.82 Å². The highest BCUT2D eigenvalue weighted by Gasteiger charge is 2.22. The predicted molar refractivity (Wildman–Crippen MR) is 92.7 cm³/mol. The lowest BCUT2D eigenvalue weighted by Gasteiger charge is -2.34. The number of nitrogens with zero attached hydrogens (tertiary/aromatic N) is 5. The first kappa shape index (κ1) is 17.3. The maximum atomic E-state index is 13.0. The molecular weight excluding hydrogens is 323 g/mol. The van der Waals surface area contributed by atoms with Crippen LogP contribution in [-0.4, -0.2) is 57.0 Å². The Bertz CT molecular complexity index is 706. The quantitative estimate of drug-likeness (QED) is 0.923. The third-order valence-electron chi connectivity index (χ3n) is 4.25. The molecule has 8 heteroatoms. The van der Waals surface area contributed by atoms with Crippen LogP contribution in [0.5, 0.6) is 0 Å². The van der Waals surface area contributed by atoms with Crippen LogP contribution in [0, 0.1) is 5.82 Å². The molecule has 25 heavy (non-hydrogen) atoms. The number of hydrogen-bond acceptors (Lipinski definition) is 4. The van der Waals surface area contributed by atoms with E-state index in [4.69, 9.17) is 0 Å². The zero-order chi connectivity index (χ0) is 17.8. The maximum Gasteiger partial charge on any atom is 0.323 e. The Balaban J connectivity index is 1.47. The Labute approximate surface area is 146 Å². The van der Waals surface area contributed by atoms with Crippen LogP contribution in [0.15, 0.2) is 30.5 Å². The van der Waals surface area contributed by atoms with Gasteiger partial charge in [-0.2, -0.15) is 0 Å². The van der Waals surface area contributed by atoms with Gasteiger partial charge in [-0.05, 0) is 31.5 Å². The molecule has 1 aliphatic heterocycles. The molecule has 2 amide bonds. The lowest BCUT2D eigenvalue weighted by atomic mass is 10.2. The first-order valence-electron chi connectivity index (χ1n) is 8.46. The predicted octanol–water partition coefficient (Wildman–Crippen LogP) is 2.35. The lowest BCUT2D eigenvalue weighted by Crippen LogP contribution is -2.49. The van der Waals surface area contributed by atoms with Gasteiger partial charge in [0.25, 0.3) is 0 Å². The normalized spacial score (nSPS) is 15.6. The van der Waals surface area contributed by atoms with Crippen LogP contribution in [0.1, 0.15) is 25.5 Å². The number of halogens is 1. The standard InChI is InChI=1S/C17H23FN6O/c1-13(2)24-12-16(20-21-24)19-17(25)23-9-7-22(8-10-23)11-14-3-5-15(18)6-4-14/h3-6,12-13H,7-11H2,1-2H3,(H,19,25). The van der Waals surface area contributed by atoms with Crippen molar-refractivity contribution in [3.05, 3.63) is 41.8 Å². The van der Waals surface area contributed by atoms with Crippen LogP contribution >= 0.6 is 0 Å². The van der Waals surface area contributed by atoms with E-state index in [0.29, 0.717) is 18.9 Å². The van der Waals surface area contributed by atoms with Gasteiger partial charge in [0.15, 0.2) is 5.82 Å². The average molecular weight is 346 g/mol. The largest absolute Gasteiger partial charge is 0.323 e. The van der Waals surface area contributed by atoms with Crippen molar-refractivity contribution in [2.75, 3.05) is 31.5 Å². The molecule has 0 radical (unpaired) electrons. The number of piperazine rings is 1. The van der Waals surface area contributed by atoms with Gasteiger partial charge in [-0.1, -0.05) is 17.3 Å². The summed E-state index contributed by atoms with van der Waals surface area (Å²) in [5.41, 5.74) is 1.07. The third-order valence-corrected chi connectivity index (χ3v) is 4.25. The van der Waals surface area contributed by atoms with Crippen LogP contribution < -0.4 is 5.32 Å². The molecule has 2 aromatic rings. The fourth-order valence-electron chi connectivity index (χ4n) is 2.73. The molecule has 0 saturated carbocycles. The second-order valence-electron chi connectivity index (χ2n) is 6.50. The van der Waals surface area contributed by atoms with Crippen molar-refractivity contribution >= 4 is 11.8 Å². The molecule has 1 aromatic heterocycles. The number of rotatable bonds is 4. The van der Waals surface area contributed by atoms with Gasteiger partial charge >= 0.3 is 6.03 Å². The number of anilines is 1. The van der Waals surface area contributed by atoms with Gasteiger partial charge in [-0.25, -0.2) is 13.9 Å². The van der Waals surface area contributed by atoms with E-state index in [1.807, 2.05) is 13.8 Å². The highest BCUT2D eigenvalue weighted by molar-refractivity contribution is 5.88. The lowest BCUT2D eigenvalue weighted by molar-refractivity contribution is 0.143. The van der Waals surface area contributed by atoms with Gasteiger partial charge in [0.2, 0.25) is 0 Å². The molecule has 1 aliphatic rings. The fourth-order valence-corrected chi connectivity index (χ4v) is 2.73. The Morgan fingerprint density at radius 1 is 1.20 bits per heavy atom. The summed E-state index contributed by atoms with van der Waals surface area (Å²) in [6.07, 6.45) is 1.73. The highest BCUT2D eigenvalue weighted by Crippen LogP contribution is 2.12. The van der Waals surface area contributed by atoms with Gasteiger partial charge in [-0.3, -0.25) is 10.2 Å². The van der Waals surface area contributed by atoms with E-state index in [0.717, 1.165) is 25.2 Å². The molecule has 1 N–H and O–H groups in total. The minimum absolute atomic E-state index is 0.155. The summed E-state index contributed by atoms with van der Waals surface area (Å²) in [5.74, 6) is 0.243. The Morgan fingerprint density at radius 3 is 2.48 bits per heavy atom. The van der Waals surface area contributed by atoms with Crippen molar-refractivity contribution in [2.24, 2.45) is 0 Å². The summed E-state index contributed by atoms with van der Waals surface area (Å²) in [7, 11) is 0. The van der Waals surface area contributed by atoms with Gasteiger partial charge in [0, 0.05) is 38.8 Å². The number of benzene rings is 1. The van der Waals surface area contributed by atoms with Crippen molar-refractivity contribution in [1.29, 1.82) is 0 Å². The molecule has 1 aromatic carbocycles. The summed E-state index contributed by atoms with van der Waals surface area (Å²) in [5, 5.41) is 10.7. The van der Waals surface area contributed by atoms with Gasteiger partial charge < -0.3 is 4.90 Å². The van der Waals surface area contributed by atoms with E-state index in [2.05, 4.69) is 20.5 Å². The van der Waals surface area contributed by atoms with E-state index in [1.54, 1.807) is 27.9 Å². The van der Waals surface area contributed by atoms with Crippen molar-refractivity contribution < 1.29 is 9.18 Å². The highest BCUT2D eigenvalue weighted by atomic mass is 19.1. The van der Waals surface area contributed by atoms with Crippen molar-refractivity contribution in [2.45, 2.75) is 26.4 Å². The number of urea groups is 1. The zero-order valence-corrected chi connectivity index (χ0v) is 14.5. The number of amides is 2. The molecule has 0 unspecified atom stereocenters. The minimum atomic E-state index is -0.223. The topological polar surface area (TPSA) is 66.3 Å². The van der Waals surface area contributed by atoms with Gasteiger partial charge in [0.05, 0.1) is 6.20 Å². The second kappa shape index (κ2) is 7.60. The number of hydrogen-bond donors (Lipinski definition) is 1. The van der Waals surface area contributed by atoms with Crippen molar-refractivity contribution in [1.82, 2.24) is 24.8 Å². The first-order chi connectivity index (χ1) is 12.0. The van der Waals surface area contributed by atoms with E-state index >= 15 is 0 Å². The molecule has 2 heterocycles. The summed E-state index contributed by atoms with van der Waals surface area (Å²) < 4.78 is 14.7. The Kier molecular flexibility index (Phi) is 5.28. The van der Waals surface area contributed by atoms with Crippen LogP contribution in [-0.2, 0) is 6.54 Å². The molecule has 1 saturated heterocycles. The van der Waals surface area contributed by atoms with E-state index in [9.17, 15) is 9.18 Å². The number of carbonyl (C=O) groups excluding carboxylic acids is 1. The van der Waals surface area contributed by atoms with Crippen LogP contribution in [0.25, 0.3) is 0 Å². The fraction of sp³-hybridized carbons (Fsp3) is 0.471. The van der Waals surface area contributed by atoms with Crippen molar-refractivity contribution in [3.8, 4) is 0 Å².